The predicted molar refractivity (Wildman–Crippen MR) is 101 cm³/mol. The highest BCUT2D eigenvalue weighted by Crippen LogP contribution is 2.18. The molecule has 0 heterocycles. The van der Waals surface area contributed by atoms with Gasteiger partial charge in [-0.1, -0.05) is 19.9 Å². The van der Waals surface area contributed by atoms with Crippen molar-refractivity contribution in [1.82, 2.24) is 5.32 Å². The highest BCUT2D eigenvalue weighted by atomic mass is 16.6. The van der Waals surface area contributed by atoms with Crippen LogP contribution in [-0.2, 0) is 4.79 Å². The normalized spacial score (nSPS) is 10.3. The summed E-state index contributed by atoms with van der Waals surface area (Å²) in [7, 11) is 0. The molecule has 27 heavy (non-hydrogen) atoms. The summed E-state index contributed by atoms with van der Waals surface area (Å²) in [5.74, 6) is 0.193. The maximum atomic E-state index is 12.2. The molecule has 142 valence electrons. The van der Waals surface area contributed by atoms with Gasteiger partial charge in [-0.2, -0.15) is 0 Å². The zero-order valence-corrected chi connectivity index (χ0v) is 15.1. The van der Waals surface area contributed by atoms with Crippen molar-refractivity contribution in [3.8, 4) is 5.75 Å². The molecular weight excluding hydrogens is 350 g/mol. The number of anilines is 1. The molecule has 0 unspecified atom stereocenters. The van der Waals surface area contributed by atoms with Gasteiger partial charge in [0.15, 0.2) is 6.61 Å². The zero-order valence-electron chi connectivity index (χ0n) is 15.1. The Morgan fingerprint density at radius 1 is 1.15 bits per heavy atom. The molecular formula is C19H21N3O5. The van der Waals surface area contributed by atoms with E-state index in [4.69, 9.17) is 4.74 Å². The van der Waals surface area contributed by atoms with Gasteiger partial charge in [0.1, 0.15) is 5.75 Å². The van der Waals surface area contributed by atoms with Crippen LogP contribution in [-0.4, -0.2) is 29.9 Å². The monoisotopic (exact) mass is 371 g/mol. The van der Waals surface area contributed by atoms with E-state index in [9.17, 15) is 19.7 Å². The standard InChI is InChI=1S/C19H21N3O5/c1-13(2)11-20-18(23)12-27-17-8-6-15(7-9-17)21-19(24)14-4-3-5-16(10-14)22(25)26/h3-10,13H,11-12H2,1-2H3,(H,20,23)(H,21,24). The van der Waals surface area contributed by atoms with E-state index in [1.807, 2.05) is 13.8 Å². The molecule has 0 bridgehead atoms. The number of non-ortho nitro benzene ring substituents is 1. The molecule has 0 spiro atoms. The molecule has 0 atom stereocenters. The number of rotatable bonds is 8. The summed E-state index contributed by atoms with van der Waals surface area (Å²) in [4.78, 5) is 34.1. The number of nitrogens with one attached hydrogen (secondary N) is 2. The summed E-state index contributed by atoms with van der Waals surface area (Å²) >= 11 is 0. The lowest BCUT2D eigenvalue weighted by atomic mass is 10.2. The second-order valence-corrected chi connectivity index (χ2v) is 6.27. The second kappa shape index (κ2) is 9.33. The van der Waals surface area contributed by atoms with Crippen LogP contribution in [0.25, 0.3) is 0 Å². The van der Waals surface area contributed by atoms with Gasteiger partial charge < -0.3 is 15.4 Å². The van der Waals surface area contributed by atoms with Crippen LogP contribution in [0.4, 0.5) is 11.4 Å². The van der Waals surface area contributed by atoms with Crippen molar-refractivity contribution < 1.29 is 19.2 Å². The Bertz CT molecular complexity index is 818. The predicted octanol–water partition coefficient (Wildman–Crippen LogP) is 3.00. The summed E-state index contributed by atoms with van der Waals surface area (Å²) in [5.41, 5.74) is 0.539. The van der Waals surface area contributed by atoms with Crippen LogP contribution in [0.2, 0.25) is 0 Å². The van der Waals surface area contributed by atoms with Gasteiger partial charge in [0.2, 0.25) is 0 Å². The van der Waals surface area contributed by atoms with Crippen LogP contribution in [0, 0.1) is 16.0 Å². The molecule has 0 aliphatic rings. The van der Waals surface area contributed by atoms with Crippen LogP contribution in [0.3, 0.4) is 0 Å². The van der Waals surface area contributed by atoms with E-state index in [0.717, 1.165) is 0 Å². The highest BCUT2D eigenvalue weighted by Gasteiger charge is 2.12. The van der Waals surface area contributed by atoms with E-state index in [1.165, 1.54) is 24.3 Å². The fourth-order valence-corrected chi connectivity index (χ4v) is 2.12. The first kappa shape index (κ1) is 19.9. The smallest absolute Gasteiger partial charge is 0.270 e. The SMILES string of the molecule is CC(C)CNC(=O)COc1ccc(NC(=O)c2cccc([N+](=O)[O-])c2)cc1. The average molecular weight is 371 g/mol. The number of nitro groups is 1. The second-order valence-electron chi connectivity index (χ2n) is 6.27. The molecule has 0 saturated heterocycles. The molecule has 2 aromatic carbocycles. The van der Waals surface area contributed by atoms with Gasteiger partial charge in [-0.25, -0.2) is 0 Å². The first-order valence-electron chi connectivity index (χ1n) is 8.40. The first-order valence-corrected chi connectivity index (χ1v) is 8.40. The number of carbonyl (C=O) groups is 2. The third-order valence-electron chi connectivity index (χ3n) is 3.51. The number of ether oxygens (including phenoxy) is 1. The van der Waals surface area contributed by atoms with Crippen molar-refractivity contribution in [2.45, 2.75) is 13.8 Å². The number of hydrogen-bond donors (Lipinski definition) is 2. The Balaban J connectivity index is 1.90. The molecule has 0 aliphatic heterocycles. The summed E-state index contributed by atoms with van der Waals surface area (Å²) in [5, 5.41) is 16.2. The first-order chi connectivity index (χ1) is 12.8. The van der Waals surface area contributed by atoms with Crippen LogP contribution in [0.1, 0.15) is 24.2 Å². The van der Waals surface area contributed by atoms with E-state index in [2.05, 4.69) is 10.6 Å². The zero-order chi connectivity index (χ0) is 19.8. The number of amides is 2. The number of benzene rings is 2. The molecule has 2 aromatic rings. The minimum Gasteiger partial charge on any atom is -0.484 e. The van der Waals surface area contributed by atoms with E-state index in [0.29, 0.717) is 23.9 Å². The van der Waals surface area contributed by atoms with Gasteiger partial charge in [0.25, 0.3) is 17.5 Å². The number of nitrogens with zero attached hydrogens (tertiary/aromatic N) is 1. The fourth-order valence-electron chi connectivity index (χ4n) is 2.12. The quantitative estimate of drug-likeness (QED) is 0.547. The van der Waals surface area contributed by atoms with Crippen LogP contribution in [0.15, 0.2) is 48.5 Å². The van der Waals surface area contributed by atoms with Crippen molar-refractivity contribution in [1.29, 1.82) is 0 Å². The lowest BCUT2D eigenvalue weighted by molar-refractivity contribution is -0.384. The number of nitro benzene ring substituents is 1. The maximum absolute atomic E-state index is 12.2. The van der Waals surface area contributed by atoms with Gasteiger partial charge in [-0.15, -0.1) is 0 Å². The molecule has 2 N–H and O–H groups in total. The fraction of sp³-hybridized carbons (Fsp3) is 0.263. The molecule has 0 saturated carbocycles. The minimum absolute atomic E-state index is 0.0912. The van der Waals surface area contributed by atoms with Crippen molar-refractivity contribution in [3.63, 3.8) is 0 Å². The van der Waals surface area contributed by atoms with Crippen LogP contribution in [0.5, 0.6) is 5.75 Å². The number of hydrogen-bond acceptors (Lipinski definition) is 5. The van der Waals surface area contributed by atoms with Gasteiger partial charge >= 0.3 is 0 Å². The van der Waals surface area contributed by atoms with Crippen LogP contribution >= 0.6 is 0 Å². The average Bonchev–Trinajstić information content (AvgIpc) is 2.65. The molecule has 2 amide bonds. The van der Waals surface area contributed by atoms with Gasteiger partial charge in [-0.3, -0.25) is 19.7 Å². The third kappa shape index (κ3) is 6.43. The molecule has 2 rings (SSSR count). The minimum atomic E-state index is -0.555. The lowest BCUT2D eigenvalue weighted by Gasteiger charge is -2.10. The summed E-state index contributed by atoms with van der Waals surface area (Å²) in [6, 6.07) is 12.0. The third-order valence-corrected chi connectivity index (χ3v) is 3.51. The van der Waals surface area contributed by atoms with Crippen molar-refractivity contribution in [3.05, 3.63) is 64.2 Å². The number of carbonyl (C=O) groups excluding carboxylic acids is 2. The van der Waals surface area contributed by atoms with Gasteiger partial charge in [0.05, 0.1) is 4.92 Å². The molecule has 0 radical (unpaired) electrons. The van der Waals surface area contributed by atoms with E-state index < -0.39 is 10.8 Å². The maximum Gasteiger partial charge on any atom is 0.270 e. The summed E-state index contributed by atoms with van der Waals surface area (Å²) in [6.07, 6.45) is 0. The molecule has 0 aliphatic carbocycles. The summed E-state index contributed by atoms with van der Waals surface area (Å²) < 4.78 is 5.39. The largest absolute Gasteiger partial charge is 0.484 e. The Kier molecular flexibility index (Phi) is 6.87. The Morgan fingerprint density at radius 2 is 1.85 bits per heavy atom. The molecule has 8 heteroatoms. The molecule has 0 fully saturated rings. The van der Waals surface area contributed by atoms with E-state index >= 15 is 0 Å². The van der Waals surface area contributed by atoms with Crippen molar-refractivity contribution in [2.24, 2.45) is 5.92 Å². The Morgan fingerprint density at radius 3 is 2.48 bits per heavy atom. The molecule has 8 nitrogen and oxygen atoms in total. The Labute approximate surface area is 156 Å². The lowest BCUT2D eigenvalue weighted by Crippen LogP contribution is -2.31. The summed E-state index contributed by atoms with van der Waals surface area (Å²) in [6.45, 7) is 4.50. The molecule has 0 aromatic heterocycles. The topological polar surface area (TPSA) is 111 Å². The van der Waals surface area contributed by atoms with Gasteiger partial charge in [0, 0.05) is 29.9 Å². The Hall–Kier alpha value is -3.42. The van der Waals surface area contributed by atoms with Crippen molar-refractivity contribution in [2.75, 3.05) is 18.5 Å². The highest BCUT2D eigenvalue weighted by molar-refractivity contribution is 6.04. The van der Waals surface area contributed by atoms with Crippen LogP contribution < -0.4 is 15.4 Å². The van der Waals surface area contributed by atoms with Gasteiger partial charge in [-0.05, 0) is 36.2 Å². The van der Waals surface area contributed by atoms with Crippen molar-refractivity contribution >= 4 is 23.2 Å². The van der Waals surface area contributed by atoms with E-state index in [-0.39, 0.29) is 23.8 Å². The van der Waals surface area contributed by atoms with E-state index in [1.54, 1.807) is 24.3 Å².